The van der Waals surface area contributed by atoms with E-state index >= 15 is 0 Å². The number of benzene rings is 1. The van der Waals surface area contributed by atoms with E-state index in [1.165, 1.54) is 12.1 Å². The lowest BCUT2D eigenvalue weighted by atomic mass is 10.1. The highest BCUT2D eigenvalue weighted by Gasteiger charge is 2.37. The van der Waals surface area contributed by atoms with Crippen molar-refractivity contribution in [3.05, 3.63) is 54.0 Å². The first kappa shape index (κ1) is 17.3. The Morgan fingerprint density at radius 1 is 1.15 bits per heavy atom. The second-order valence-corrected chi connectivity index (χ2v) is 8.77. The van der Waals surface area contributed by atoms with Crippen molar-refractivity contribution < 1.29 is 17.6 Å². The number of hydrogen-bond donors (Lipinski definition) is 1. The maximum atomic E-state index is 13.0. The van der Waals surface area contributed by atoms with Gasteiger partial charge in [0, 0.05) is 17.6 Å². The molecule has 0 spiro atoms. The fraction of sp³-hybridized carbons (Fsp3) is 0.421. The summed E-state index contributed by atoms with van der Waals surface area (Å²) in [4.78, 5) is 15.1. The minimum atomic E-state index is -3.51. The van der Waals surface area contributed by atoms with Gasteiger partial charge in [-0.1, -0.05) is 0 Å². The van der Waals surface area contributed by atoms with Crippen molar-refractivity contribution in [2.75, 3.05) is 0 Å². The molecule has 26 heavy (non-hydrogen) atoms. The van der Waals surface area contributed by atoms with Crippen LogP contribution in [-0.2, 0) is 10.0 Å². The van der Waals surface area contributed by atoms with E-state index in [0.29, 0.717) is 5.56 Å². The molecule has 1 aromatic heterocycles. The minimum Gasteiger partial charge on any atom is -0.467 e. The van der Waals surface area contributed by atoms with Gasteiger partial charge in [-0.05, 0) is 69.0 Å². The third kappa shape index (κ3) is 3.54. The van der Waals surface area contributed by atoms with E-state index < -0.39 is 10.0 Å². The highest BCUT2D eigenvalue weighted by atomic mass is 32.2. The summed E-state index contributed by atoms with van der Waals surface area (Å²) in [6.07, 6.45) is 5.34. The molecule has 2 aromatic rings. The molecule has 0 unspecified atom stereocenters. The first-order valence-corrected chi connectivity index (χ1v) is 10.4. The van der Waals surface area contributed by atoms with Crippen molar-refractivity contribution in [3.8, 4) is 0 Å². The fourth-order valence-electron chi connectivity index (χ4n) is 3.09. The Morgan fingerprint density at radius 2 is 1.85 bits per heavy atom. The highest BCUT2D eigenvalue weighted by Crippen LogP contribution is 2.35. The van der Waals surface area contributed by atoms with Crippen LogP contribution in [0.5, 0.6) is 0 Å². The van der Waals surface area contributed by atoms with E-state index in [1.54, 1.807) is 18.4 Å². The van der Waals surface area contributed by atoms with Crippen LogP contribution in [0.15, 0.2) is 52.0 Å². The maximum Gasteiger partial charge on any atom is 0.254 e. The van der Waals surface area contributed by atoms with E-state index in [2.05, 4.69) is 4.72 Å². The average Bonchev–Trinajstić information content (AvgIpc) is 3.56. The van der Waals surface area contributed by atoms with E-state index in [-0.39, 0.29) is 28.9 Å². The first-order chi connectivity index (χ1) is 12.5. The first-order valence-electron chi connectivity index (χ1n) is 8.94. The van der Waals surface area contributed by atoms with Crippen molar-refractivity contribution in [2.24, 2.45) is 0 Å². The number of carbonyl (C=O) groups excluding carboxylic acids is 1. The van der Waals surface area contributed by atoms with Gasteiger partial charge in [-0.15, -0.1) is 0 Å². The van der Waals surface area contributed by atoms with Crippen LogP contribution in [0.1, 0.15) is 54.8 Å². The fourth-order valence-corrected chi connectivity index (χ4v) is 4.40. The lowest BCUT2D eigenvalue weighted by Crippen LogP contribution is -2.35. The predicted octanol–water partition coefficient (Wildman–Crippen LogP) is 3.09. The third-order valence-electron chi connectivity index (χ3n) is 4.86. The normalized spacial score (nSPS) is 18.5. The molecule has 1 atom stereocenters. The molecule has 1 N–H and O–H groups in total. The van der Waals surface area contributed by atoms with Gasteiger partial charge in [-0.2, -0.15) is 0 Å². The molecule has 0 saturated heterocycles. The molecule has 138 valence electrons. The summed E-state index contributed by atoms with van der Waals surface area (Å²) in [6.45, 7) is 1.95. The smallest absolute Gasteiger partial charge is 0.254 e. The van der Waals surface area contributed by atoms with Crippen LogP contribution in [-0.4, -0.2) is 31.3 Å². The lowest BCUT2D eigenvalue weighted by molar-refractivity contribution is 0.0652. The highest BCUT2D eigenvalue weighted by molar-refractivity contribution is 7.89. The number of rotatable bonds is 7. The molecule has 7 heteroatoms. The number of amides is 1. The number of sulfonamides is 1. The summed E-state index contributed by atoms with van der Waals surface area (Å²) >= 11 is 0. The van der Waals surface area contributed by atoms with Gasteiger partial charge < -0.3 is 9.32 Å². The molecule has 1 aromatic carbocycles. The van der Waals surface area contributed by atoms with Gasteiger partial charge in [-0.25, -0.2) is 13.1 Å². The lowest BCUT2D eigenvalue weighted by Gasteiger charge is -2.28. The van der Waals surface area contributed by atoms with Crippen molar-refractivity contribution in [1.82, 2.24) is 9.62 Å². The van der Waals surface area contributed by atoms with E-state index in [0.717, 1.165) is 31.4 Å². The number of nitrogens with zero attached hydrogens (tertiary/aromatic N) is 1. The van der Waals surface area contributed by atoms with Gasteiger partial charge >= 0.3 is 0 Å². The molecule has 2 aliphatic rings. The standard InChI is InChI=1S/C19H22N2O4S/c1-13(18-3-2-12-25-18)21(16-8-9-16)19(22)14-4-10-17(11-5-14)26(23,24)20-15-6-7-15/h2-5,10-13,15-16,20H,6-9H2,1H3/t13-/m1/s1. The molecular weight excluding hydrogens is 352 g/mol. The molecule has 0 aliphatic heterocycles. The van der Waals surface area contributed by atoms with E-state index in [4.69, 9.17) is 4.42 Å². The molecule has 2 saturated carbocycles. The summed E-state index contributed by atoms with van der Waals surface area (Å²) in [5, 5.41) is 0. The monoisotopic (exact) mass is 374 g/mol. The summed E-state index contributed by atoms with van der Waals surface area (Å²) in [5.74, 6) is 0.647. The van der Waals surface area contributed by atoms with Crippen LogP contribution >= 0.6 is 0 Å². The van der Waals surface area contributed by atoms with Gasteiger partial charge in [0.2, 0.25) is 10.0 Å². The zero-order valence-corrected chi connectivity index (χ0v) is 15.4. The summed E-state index contributed by atoms with van der Waals surface area (Å²) in [6, 6.07) is 9.97. The SMILES string of the molecule is C[C@H](c1ccco1)N(C(=O)c1ccc(S(=O)(=O)NC2CC2)cc1)C1CC1. The van der Waals surface area contributed by atoms with Crippen LogP contribution in [0.4, 0.5) is 0 Å². The Bertz CT molecular complexity index is 882. The molecule has 0 radical (unpaired) electrons. The van der Waals surface area contributed by atoms with Crippen LogP contribution in [0.25, 0.3) is 0 Å². The van der Waals surface area contributed by atoms with Crippen LogP contribution in [0.3, 0.4) is 0 Å². The Labute approximate surface area is 153 Å². The van der Waals surface area contributed by atoms with Crippen LogP contribution in [0.2, 0.25) is 0 Å². The Morgan fingerprint density at radius 3 is 2.38 bits per heavy atom. The number of nitrogens with one attached hydrogen (secondary N) is 1. The van der Waals surface area contributed by atoms with Crippen LogP contribution in [0, 0.1) is 0 Å². The minimum absolute atomic E-state index is 0.0563. The third-order valence-corrected chi connectivity index (χ3v) is 6.39. The molecule has 2 aliphatic carbocycles. The summed E-state index contributed by atoms with van der Waals surface area (Å²) in [7, 11) is -3.51. The maximum absolute atomic E-state index is 13.0. The molecular formula is C19H22N2O4S. The summed E-state index contributed by atoms with van der Waals surface area (Å²) < 4.78 is 32.6. The van der Waals surface area contributed by atoms with Gasteiger partial charge in [0.1, 0.15) is 5.76 Å². The van der Waals surface area contributed by atoms with Gasteiger partial charge in [0.05, 0.1) is 17.2 Å². The topological polar surface area (TPSA) is 79.6 Å². The molecule has 6 nitrogen and oxygen atoms in total. The summed E-state index contributed by atoms with van der Waals surface area (Å²) in [5.41, 5.74) is 0.487. The zero-order valence-electron chi connectivity index (χ0n) is 14.6. The van der Waals surface area contributed by atoms with E-state index in [1.807, 2.05) is 24.0 Å². The van der Waals surface area contributed by atoms with Gasteiger partial charge in [-0.3, -0.25) is 4.79 Å². The average molecular weight is 374 g/mol. The van der Waals surface area contributed by atoms with Crippen molar-refractivity contribution in [2.45, 2.75) is 55.6 Å². The largest absolute Gasteiger partial charge is 0.467 e. The Balaban J connectivity index is 1.54. The van der Waals surface area contributed by atoms with Gasteiger partial charge in [0.15, 0.2) is 0 Å². The van der Waals surface area contributed by atoms with Crippen LogP contribution < -0.4 is 4.72 Å². The van der Waals surface area contributed by atoms with Crippen molar-refractivity contribution in [1.29, 1.82) is 0 Å². The molecule has 4 rings (SSSR count). The second-order valence-electron chi connectivity index (χ2n) is 7.05. The Kier molecular flexibility index (Phi) is 4.36. The molecule has 2 fully saturated rings. The van der Waals surface area contributed by atoms with E-state index in [9.17, 15) is 13.2 Å². The van der Waals surface area contributed by atoms with Gasteiger partial charge in [0.25, 0.3) is 5.91 Å². The number of hydrogen-bond acceptors (Lipinski definition) is 4. The number of carbonyl (C=O) groups is 1. The molecule has 1 heterocycles. The van der Waals surface area contributed by atoms with Crippen molar-refractivity contribution in [3.63, 3.8) is 0 Å². The quantitative estimate of drug-likeness (QED) is 0.808. The molecule has 0 bridgehead atoms. The second kappa shape index (κ2) is 6.55. The molecule has 1 amide bonds. The van der Waals surface area contributed by atoms with Crippen molar-refractivity contribution >= 4 is 15.9 Å². The predicted molar refractivity (Wildman–Crippen MR) is 96.1 cm³/mol. The Hall–Kier alpha value is -2.12. The zero-order chi connectivity index (χ0) is 18.3. The number of furan rings is 1.